The minimum Gasteiger partial charge on any atom is -0.383 e. The topological polar surface area (TPSA) is 49.9 Å². The Balaban J connectivity index is 1.61. The molecular formula is C16H25FN2O3. The van der Waals surface area contributed by atoms with Crippen LogP contribution < -0.4 is 0 Å². The molecule has 0 aromatic rings. The molecule has 2 heterocycles. The lowest BCUT2D eigenvalue weighted by atomic mass is 9.71. The Hall–Kier alpha value is -1.17. The molecule has 3 aliphatic rings. The van der Waals surface area contributed by atoms with Crippen LogP contribution in [0.5, 0.6) is 0 Å². The predicted octanol–water partition coefficient (Wildman–Crippen LogP) is 1.37. The highest BCUT2D eigenvalue weighted by molar-refractivity contribution is 5.89. The van der Waals surface area contributed by atoms with E-state index in [4.69, 9.17) is 4.74 Å². The lowest BCUT2D eigenvalue weighted by Gasteiger charge is -2.46. The molecule has 0 aromatic carbocycles. The van der Waals surface area contributed by atoms with Crippen LogP contribution in [0.3, 0.4) is 0 Å². The molecule has 6 heteroatoms. The summed E-state index contributed by atoms with van der Waals surface area (Å²) in [5.41, 5.74) is -1.93. The molecule has 5 nitrogen and oxygen atoms in total. The summed E-state index contributed by atoms with van der Waals surface area (Å²) in [5, 5.41) is 0. The number of likely N-dealkylation sites (tertiary alicyclic amines) is 2. The Morgan fingerprint density at radius 2 is 1.86 bits per heavy atom. The largest absolute Gasteiger partial charge is 0.383 e. The van der Waals surface area contributed by atoms with Crippen molar-refractivity contribution in [3.05, 3.63) is 0 Å². The standard InChI is InChI=1S/C16H25FN2O3/c1-22-12-11-18-8-2-3-15(13(18)20)6-9-19(10-7-15)14(21)16(17)4-5-16/h2-12H2,1H3. The average molecular weight is 312 g/mol. The van der Waals surface area contributed by atoms with Crippen LogP contribution in [0, 0.1) is 5.41 Å². The van der Waals surface area contributed by atoms with Gasteiger partial charge in [-0.3, -0.25) is 9.59 Å². The van der Waals surface area contributed by atoms with Crippen LogP contribution in [-0.2, 0) is 14.3 Å². The minimum atomic E-state index is -1.59. The molecule has 3 fully saturated rings. The van der Waals surface area contributed by atoms with E-state index in [1.807, 2.05) is 4.90 Å². The van der Waals surface area contributed by atoms with Crippen molar-refractivity contribution in [3.8, 4) is 0 Å². The Morgan fingerprint density at radius 1 is 1.18 bits per heavy atom. The molecule has 2 saturated heterocycles. The van der Waals surface area contributed by atoms with Gasteiger partial charge in [0.25, 0.3) is 5.91 Å². The van der Waals surface area contributed by atoms with E-state index >= 15 is 0 Å². The summed E-state index contributed by atoms with van der Waals surface area (Å²) in [5.74, 6) is -0.161. The van der Waals surface area contributed by atoms with Gasteiger partial charge in [0.1, 0.15) is 0 Å². The molecule has 0 radical (unpaired) electrons. The molecule has 22 heavy (non-hydrogen) atoms. The van der Waals surface area contributed by atoms with Crippen LogP contribution >= 0.6 is 0 Å². The number of hydrogen-bond donors (Lipinski definition) is 0. The maximum Gasteiger partial charge on any atom is 0.260 e. The third kappa shape index (κ3) is 2.73. The monoisotopic (exact) mass is 312 g/mol. The number of carbonyl (C=O) groups is 2. The van der Waals surface area contributed by atoms with Crippen molar-refractivity contribution in [3.63, 3.8) is 0 Å². The first-order chi connectivity index (χ1) is 10.5. The summed E-state index contributed by atoms with van der Waals surface area (Å²) in [6.45, 7) is 2.99. The molecule has 0 bridgehead atoms. The van der Waals surface area contributed by atoms with Crippen molar-refractivity contribution < 1.29 is 18.7 Å². The zero-order valence-corrected chi connectivity index (χ0v) is 13.3. The van der Waals surface area contributed by atoms with Gasteiger partial charge >= 0.3 is 0 Å². The number of ether oxygens (including phenoxy) is 1. The van der Waals surface area contributed by atoms with Crippen molar-refractivity contribution in [2.24, 2.45) is 5.41 Å². The number of methoxy groups -OCH3 is 1. The van der Waals surface area contributed by atoms with Gasteiger partial charge in [-0.25, -0.2) is 4.39 Å². The van der Waals surface area contributed by atoms with Crippen molar-refractivity contribution in [2.75, 3.05) is 39.9 Å². The number of nitrogens with zero attached hydrogens (tertiary/aromatic N) is 2. The molecule has 1 aliphatic carbocycles. The van der Waals surface area contributed by atoms with Crippen LogP contribution in [0.2, 0.25) is 0 Å². The summed E-state index contributed by atoms with van der Waals surface area (Å²) in [7, 11) is 1.64. The molecular weight excluding hydrogens is 287 g/mol. The third-order valence-corrected chi connectivity index (χ3v) is 5.47. The zero-order valence-electron chi connectivity index (χ0n) is 13.3. The fourth-order valence-electron chi connectivity index (χ4n) is 3.78. The number of hydrogen-bond acceptors (Lipinski definition) is 3. The van der Waals surface area contributed by atoms with Gasteiger partial charge in [0.2, 0.25) is 5.91 Å². The normalized spacial score (nSPS) is 26.4. The number of carbonyl (C=O) groups excluding carboxylic acids is 2. The van der Waals surface area contributed by atoms with Gasteiger partial charge in [-0.1, -0.05) is 0 Å². The second kappa shape index (κ2) is 5.80. The Labute approximate surface area is 130 Å². The smallest absolute Gasteiger partial charge is 0.260 e. The van der Waals surface area contributed by atoms with Crippen LogP contribution in [0.25, 0.3) is 0 Å². The van der Waals surface area contributed by atoms with Crippen LogP contribution in [0.15, 0.2) is 0 Å². The average Bonchev–Trinajstić information content (AvgIpc) is 3.28. The van der Waals surface area contributed by atoms with Crippen molar-refractivity contribution in [1.29, 1.82) is 0 Å². The number of alkyl halides is 1. The lowest BCUT2D eigenvalue weighted by Crippen LogP contribution is -2.55. The fraction of sp³-hybridized carbons (Fsp3) is 0.875. The number of amides is 2. The van der Waals surface area contributed by atoms with E-state index in [1.54, 1.807) is 12.0 Å². The summed E-state index contributed by atoms with van der Waals surface area (Å²) >= 11 is 0. The van der Waals surface area contributed by atoms with Crippen LogP contribution in [0.1, 0.15) is 38.5 Å². The summed E-state index contributed by atoms with van der Waals surface area (Å²) < 4.78 is 19.0. The second-order valence-electron chi connectivity index (χ2n) is 6.93. The highest BCUT2D eigenvalue weighted by atomic mass is 19.1. The maximum absolute atomic E-state index is 13.9. The van der Waals surface area contributed by atoms with Gasteiger partial charge in [-0.05, 0) is 38.5 Å². The summed E-state index contributed by atoms with van der Waals surface area (Å²) in [6, 6.07) is 0. The number of rotatable bonds is 4. The maximum atomic E-state index is 13.9. The zero-order chi connectivity index (χ0) is 15.8. The molecule has 1 saturated carbocycles. The SMILES string of the molecule is COCCN1CCCC2(CCN(C(=O)C3(F)CC3)CC2)C1=O. The third-order valence-electron chi connectivity index (χ3n) is 5.47. The molecule has 2 amide bonds. The fourth-order valence-corrected chi connectivity index (χ4v) is 3.78. The van der Waals surface area contributed by atoms with E-state index in [0.717, 1.165) is 19.4 Å². The molecule has 0 unspecified atom stereocenters. The molecule has 0 N–H and O–H groups in total. The van der Waals surface area contributed by atoms with E-state index in [2.05, 4.69) is 0 Å². The van der Waals surface area contributed by atoms with Gasteiger partial charge in [0.05, 0.1) is 12.0 Å². The number of piperidine rings is 2. The molecule has 0 atom stereocenters. The highest BCUT2D eigenvalue weighted by Crippen LogP contribution is 2.45. The lowest BCUT2D eigenvalue weighted by molar-refractivity contribution is -0.154. The van der Waals surface area contributed by atoms with Gasteiger partial charge in [0, 0.05) is 33.3 Å². The van der Waals surface area contributed by atoms with Gasteiger partial charge in [-0.2, -0.15) is 0 Å². The van der Waals surface area contributed by atoms with E-state index in [9.17, 15) is 14.0 Å². The summed E-state index contributed by atoms with van der Waals surface area (Å²) in [4.78, 5) is 28.4. The summed E-state index contributed by atoms with van der Waals surface area (Å²) in [6.07, 6.45) is 3.93. The van der Waals surface area contributed by atoms with Crippen LogP contribution in [0.4, 0.5) is 4.39 Å². The second-order valence-corrected chi connectivity index (χ2v) is 6.93. The Morgan fingerprint density at radius 3 is 2.45 bits per heavy atom. The first-order valence-corrected chi connectivity index (χ1v) is 8.27. The van der Waals surface area contributed by atoms with Gasteiger partial charge < -0.3 is 14.5 Å². The first kappa shape index (κ1) is 15.7. The highest BCUT2D eigenvalue weighted by Gasteiger charge is 2.54. The predicted molar refractivity (Wildman–Crippen MR) is 79.0 cm³/mol. The van der Waals surface area contributed by atoms with Gasteiger partial charge in [-0.15, -0.1) is 0 Å². The van der Waals surface area contributed by atoms with Crippen molar-refractivity contribution in [2.45, 2.75) is 44.2 Å². The van der Waals surface area contributed by atoms with Crippen LogP contribution in [-0.4, -0.2) is 67.2 Å². The van der Waals surface area contributed by atoms with Crippen molar-refractivity contribution in [1.82, 2.24) is 9.80 Å². The molecule has 2 aliphatic heterocycles. The van der Waals surface area contributed by atoms with E-state index in [0.29, 0.717) is 51.9 Å². The molecule has 0 aromatic heterocycles. The molecule has 1 spiro atoms. The first-order valence-electron chi connectivity index (χ1n) is 8.27. The molecule has 124 valence electrons. The van der Waals surface area contributed by atoms with E-state index < -0.39 is 5.67 Å². The van der Waals surface area contributed by atoms with E-state index in [-0.39, 0.29) is 17.2 Å². The Bertz CT molecular complexity index is 456. The van der Waals surface area contributed by atoms with Gasteiger partial charge in [0.15, 0.2) is 5.67 Å². The molecule has 3 rings (SSSR count). The minimum absolute atomic E-state index is 0.198. The van der Waals surface area contributed by atoms with E-state index in [1.165, 1.54) is 0 Å². The quantitative estimate of drug-likeness (QED) is 0.788. The number of halogens is 1. The Kier molecular flexibility index (Phi) is 4.14. The van der Waals surface area contributed by atoms with Crippen molar-refractivity contribution >= 4 is 11.8 Å².